The van der Waals surface area contributed by atoms with Crippen molar-refractivity contribution in [1.82, 2.24) is 30.3 Å². The number of nitrogens with zero attached hydrogens (tertiary/aromatic N) is 4. The van der Waals surface area contributed by atoms with Crippen molar-refractivity contribution in [1.29, 1.82) is 0 Å². The molecule has 2 aliphatic heterocycles. The zero-order valence-corrected chi connectivity index (χ0v) is 12.8. The van der Waals surface area contributed by atoms with E-state index >= 15 is 0 Å². The molecule has 1 saturated heterocycles. The lowest BCUT2D eigenvalue weighted by Crippen LogP contribution is -2.49. The largest absolute Gasteiger partial charge is 0.354 e. The quantitative estimate of drug-likeness (QED) is 0.824. The first kappa shape index (κ1) is 14.8. The average molecular weight is 306 g/mol. The second-order valence-corrected chi connectivity index (χ2v) is 5.93. The van der Waals surface area contributed by atoms with Crippen LogP contribution in [-0.2, 0) is 24.3 Å². The first-order chi connectivity index (χ1) is 10.6. The molecular formula is C14H22N6O2. The number of urea groups is 1. The molecule has 8 heteroatoms. The van der Waals surface area contributed by atoms with E-state index in [9.17, 15) is 9.59 Å². The van der Waals surface area contributed by atoms with E-state index in [2.05, 4.69) is 25.4 Å². The zero-order valence-electron chi connectivity index (χ0n) is 12.8. The molecule has 1 aromatic rings. The molecule has 22 heavy (non-hydrogen) atoms. The molecule has 120 valence electrons. The van der Waals surface area contributed by atoms with Gasteiger partial charge >= 0.3 is 6.03 Å². The van der Waals surface area contributed by atoms with Gasteiger partial charge in [0.15, 0.2) is 5.82 Å². The summed E-state index contributed by atoms with van der Waals surface area (Å²) in [6, 6.07) is -0.695. The lowest BCUT2D eigenvalue weighted by atomic mass is 10.1. The van der Waals surface area contributed by atoms with Crippen LogP contribution in [-0.4, -0.2) is 51.2 Å². The molecule has 1 fully saturated rings. The lowest BCUT2D eigenvalue weighted by molar-refractivity contribution is -0.122. The molecule has 0 radical (unpaired) electrons. The Hall–Kier alpha value is -2.12. The van der Waals surface area contributed by atoms with Crippen LogP contribution < -0.4 is 10.6 Å². The smallest absolute Gasteiger partial charge is 0.318 e. The molecule has 2 aliphatic rings. The third-order valence-corrected chi connectivity index (χ3v) is 4.24. The molecule has 0 aliphatic carbocycles. The Balaban J connectivity index is 1.58. The Labute approximate surface area is 129 Å². The lowest BCUT2D eigenvalue weighted by Gasteiger charge is -2.21. The molecule has 0 saturated carbocycles. The molecule has 3 amide bonds. The fourth-order valence-electron chi connectivity index (χ4n) is 2.95. The van der Waals surface area contributed by atoms with Gasteiger partial charge in [-0.3, -0.25) is 4.79 Å². The van der Waals surface area contributed by atoms with Gasteiger partial charge in [-0.2, -0.15) is 0 Å². The van der Waals surface area contributed by atoms with Gasteiger partial charge in [-0.05, 0) is 25.7 Å². The maximum atomic E-state index is 12.3. The summed E-state index contributed by atoms with van der Waals surface area (Å²) < 4.78 is 2.07. The predicted octanol–water partition coefficient (Wildman–Crippen LogP) is 0.0344. The summed E-state index contributed by atoms with van der Waals surface area (Å²) in [5, 5.41) is 13.9. The Morgan fingerprint density at radius 2 is 2.27 bits per heavy atom. The number of carbonyl (C=O) groups is 2. The van der Waals surface area contributed by atoms with E-state index < -0.39 is 6.04 Å². The molecule has 3 rings (SSSR count). The van der Waals surface area contributed by atoms with E-state index in [1.165, 1.54) is 0 Å². The number of nitrogens with one attached hydrogen (secondary N) is 2. The van der Waals surface area contributed by atoms with E-state index in [1.54, 1.807) is 11.9 Å². The maximum absolute atomic E-state index is 12.3. The Bertz CT molecular complexity index is 570. The van der Waals surface area contributed by atoms with Gasteiger partial charge in [-0.25, -0.2) is 4.79 Å². The number of rotatable bonds is 3. The highest BCUT2D eigenvalue weighted by atomic mass is 16.2. The van der Waals surface area contributed by atoms with Crippen molar-refractivity contribution in [3.8, 4) is 0 Å². The minimum atomic E-state index is -0.443. The second-order valence-electron chi connectivity index (χ2n) is 5.93. The third kappa shape index (κ3) is 3.05. The van der Waals surface area contributed by atoms with Crippen LogP contribution >= 0.6 is 0 Å². The third-order valence-electron chi connectivity index (χ3n) is 4.24. The number of hydrogen-bond acceptors (Lipinski definition) is 4. The van der Waals surface area contributed by atoms with E-state index in [0.29, 0.717) is 19.5 Å². The highest BCUT2D eigenvalue weighted by Gasteiger charge is 2.25. The van der Waals surface area contributed by atoms with Gasteiger partial charge in [0, 0.05) is 26.6 Å². The number of fused-ring (bicyclic) bond motifs is 1. The van der Waals surface area contributed by atoms with E-state index in [4.69, 9.17) is 0 Å². The SMILES string of the molecule is CN(Cc1nnc2n1CCC2)C(=O)N[C@@H]1CCCCNC1=O. The molecule has 3 heterocycles. The topological polar surface area (TPSA) is 92.2 Å². The Morgan fingerprint density at radius 3 is 3.14 bits per heavy atom. The van der Waals surface area contributed by atoms with Gasteiger partial charge in [0.1, 0.15) is 11.9 Å². The van der Waals surface area contributed by atoms with Crippen LogP contribution in [0.25, 0.3) is 0 Å². The summed E-state index contributed by atoms with van der Waals surface area (Å²) in [5.41, 5.74) is 0. The minimum Gasteiger partial charge on any atom is -0.354 e. The molecule has 1 atom stereocenters. The number of aryl methyl sites for hydroxylation is 1. The summed E-state index contributed by atoms with van der Waals surface area (Å²) in [5.74, 6) is 1.70. The van der Waals surface area contributed by atoms with Crippen LogP contribution in [0.2, 0.25) is 0 Å². The van der Waals surface area contributed by atoms with Crippen molar-refractivity contribution in [2.75, 3.05) is 13.6 Å². The number of carbonyl (C=O) groups excluding carboxylic acids is 2. The summed E-state index contributed by atoms with van der Waals surface area (Å²) >= 11 is 0. The van der Waals surface area contributed by atoms with Gasteiger partial charge in [-0.1, -0.05) is 0 Å². The molecule has 0 unspecified atom stereocenters. The average Bonchev–Trinajstić information content (AvgIpc) is 3.04. The maximum Gasteiger partial charge on any atom is 0.318 e. The summed E-state index contributed by atoms with van der Waals surface area (Å²) in [6.45, 7) is 2.00. The van der Waals surface area contributed by atoms with Gasteiger partial charge in [0.2, 0.25) is 5.91 Å². The second kappa shape index (κ2) is 6.33. The fraction of sp³-hybridized carbons (Fsp3) is 0.714. The van der Waals surface area contributed by atoms with Crippen molar-refractivity contribution in [3.05, 3.63) is 11.6 Å². The van der Waals surface area contributed by atoms with E-state index in [-0.39, 0.29) is 11.9 Å². The number of amides is 3. The molecular weight excluding hydrogens is 284 g/mol. The molecule has 2 N–H and O–H groups in total. The van der Waals surface area contributed by atoms with Gasteiger partial charge in [-0.15, -0.1) is 10.2 Å². The van der Waals surface area contributed by atoms with Crippen molar-refractivity contribution in [2.45, 2.75) is 51.2 Å². The molecule has 0 aromatic carbocycles. The highest BCUT2D eigenvalue weighted by Crippen LogP contribution is 2.15. The normalized spacial score (nSPS) is 21.0. The number of hydrogen-bond donors (Lipinski definition) is 2. The van der Waals surface area contributed by atoms with Crippen molar-refractivity contribution >= 4 is 11.9 Å². The van der Waals surface area contributed by atoms with Gasteiger partial charge < -0.3 is 20.1 Å². The first-order valence-electron chi connectivity index (χ1n) is 7.85. The highest BCUT2D eigenvalue weighted by molar-refractivity contribution is 5.87. The Morgan fingerprint density at radius 1 is 1.41 bits per heavy atom. The van der Waals surface area contributed by atoms with Crippen LogP contribution in [0.4, 0.5) is 4.79 Å². The standard InChI is InChI=1S/C14H22N6O2/c1-19(9-12-18-17-11-6-4-8-20(11)12)14(22)16-10-5-2-3-7-15-13(10)21/h10H,2-9H2,1H3,(H,15,21)(H,16,22)/t10-/m1/s1. The fourth-order valence-corrected chi connectivity index (χ4v) is 2.95. The summed E-state index contributed by atoms with van der Waals surface area (Å²) in [4.78, 5) is 25.7. The van der Waals surface area contributed by atoms with Crippen molar-refractivity contribution in [2.24, 2.45) is 0 Å². The molecule has 8 nitrogen and oxygen atoms in total. The molecule has 0 spiro atoms. The zero-order chi connectivity index (χ0) is 15.5. The van der Waals surface area contributed by atoms with E-state index in [0.717, 1.165) is 43.9 Å². The van der Waals surface area contributed by atoms with Gasteiger partial charge in [0.25, 0.3) is 0 Å². The molecule has 0 bridgehead atoms. The Kier molecular flexibility index (Phi) is 4.26. The van der Waals surface area contributed by atoms with Crippen molar-refractivity contribution < 1.29 is 9.59 Å². The predicted molar refractivity (Wildman–Crippen MR) is 79.0 cm³/mol. The van der Waals surface area contributed by atoms with E-state index in [1.807, 2.05) is 0 Å². The van der Waals surface area contributed by atoms with Crippen LogP contribution in [0, 0.1) is 0 Å². The first-order valence-corrected chi connectivity index (χ1v) is 7.85. The van der Waals surface area contributed by atoms with Crippen LogP contribution in [0.1, 0.15) is 37.3 Å². The minimum absolute atomic E-state index is 0.0948. The van der Waals surface area contributed by atoms with Crippen molar-refractivity contribution in [3.63, 3.8) is 0 Å². The summed E-state index contributed by atoms with van der Waals surface area (Å²) in [6.07, 6.45) is 4.61. The van der Waals surface area contributed by atoms with Crippen LogP contribution in [0.3, 0.4) is 0 Å². The monoisotopic (exact) mass is 306 g/mol. The van der Waals surface area contributed by atoms with Crippen LogP contribution in [0.15, 0.2) is 0 Å². The molecule has 1 aromatic heterocycles. The van der Waals surface area contributed by atoms with Gasteiger partial charge in [0.05, 0.1) is 6.54 Å². The summed E-state index contributed by atoms with van der Waals surface area (Å²) in [7, 11) is 1.71. The number of aromatic nitrogens is 3. The van der Waals surface area contributed by atoms with Crippen LogP contribution in [0.5, 0.6) is 0 Å².